The van der Waals surface area contributed by atoms with Crippen LogP contribution in [-0.2, 0) is 16.6 Å². The third-order valence-electron chi connectivity index (χ3n) is 6.35. The number of epoxide rings is 1. The maximum atomic E-state index is 11.1. The number of aromatic hydroxyl groups is 3. The molecule has 1 aliphatic heterocycles. The molecule has 5 nitrogen and oxygen atoms in total. The van der Waals surface area contributed by atoms with Gasteiger partial charge in [0.15, 0.2) is 0 Å². The van der Waals surface area contributed by atoms with Gasteiger partial charge in [-0.1, -0.05) is 72.8 Å². The Balaban J connectivity index is 1.82. The Morgan fingerprint density at radius 1 is 0.676 bits per heavy atom. The van der Waals surface area contributed by atoms with Gasteiger partial charge >= 0.3 is 0 Å². The molecule has 1 fully saturated rings. The maximum absolute atomic E-state index is 11.1. The summed E-state index contributed by atoms with van der Waals surface area (Å²) in [6.07, 6.45) is 0.339. The molecule has 5 heteroatoms. The second kappa shape index (κ2) is 9.12. The normalized spacial score (nSPS) is 15.1. The molecule has 34 heavy (non-hydrogen) atoms. The van der Waals surface area contributed by atoms with Crippen LogP contribution in [-0.4, -0.2) is 34.6 Å². The molecule has 4 aromatic carbocycles. The quantitative estimate of drug-likeness (QED) is 0.253. The standard InChI is InChI=1S/C29H26O5/c30-25-13-5-1-9-20(25)17-29(22-10-2-6-14-26(22)31,23-11-3-7-15-27(23)32)24-12-4-8-16-28(24)34-19-21-18-33-21/h1-16,21,30-32H,17-19H2/t21-/m1/s1. The summed E-state index contributed by atoms with van der Waals surface area (Å²) in [7, 11) is 0. The maximum Gasteiger partial charge on any atom is 0.123 e. The zero-order valence-corrected chi connectivity index (χ0v) is 18.6. The van der Waals surface area contributed by atoms with Gasteiger partial charge in [-0.15, -0.1) is 0 Å². The number of phenols is 3. The summed E-state index contributed by atoms with van der Waals surface area (Å²) >= 11 is 0. The summed E-state index contributed by atoms with van der Waals surface area (Å²) in [5.41, 5.74) is 1.56. The highest BCUT2D eigenvalue weighted by Gasteiger charge is 2.43. The fourth-order valence-corrected chi connectivity index (χ4v) is 4.63. The smallest absolute Gasteiger partial charge is 0.123 e. The van der Waals surface area contributed by atoms with Gasteiger partial charge in [0.05, 0.1) is 12.0 Å². The van der Waals surface area contributed by atoms with Crippen molar-refractivity contribution in [3.63, 3.8) is 0 Å². The lowest BCUT2D eigenvalue weighted by atomic mass is 9.65. The summed E-state index contributed by atoms with van der Waals surface area (Å²) in [4.78, 5) is 0. The molecule has 1 aliphatic rings. The van der Waals surface area contributed by atoms with Crippen molar-refractivity contribution >= 4 is 0 Å². The van der Waals surface area contributed by atoms with E-state index < -0.39 is 5.41 Å². The predicted octanol–water partition coefficient (Wildman–Crippen LogP) is 5.16. The molecule has 0 aromatic heterocycles. The third-order valence-corrected chi connectivity index (χ3v) is 6.35. The van der Waals surface area contributed by atoms with Crippen LogP contribution in [0.4, 0.5) is 0 Å². The number of hydrogen-bond acceptors (Lipinski definition) is 5. The number of phenolic OH excluding ortho intramolecular Hbond substituents is 3. The zero-order valence-electron chi connectivity index (χ0n) is 18.6. The van der Waals surface area contributed by atoms with E-state index in [0.29, 0.717) is 35.7 Å². The lowest BCUT2D eigenvalue weighted by Crippen LogP contribution is -2.33. The van der Waals surface area contributed by atoms with Gasteiger partial charge in [0.1, 0.15) is 35.7 Å². The first-order valence-electron chi connectivity index (χ1n) is 11.3. The first-order valence-corrected chi connectivity index (χ1v) is 11.3. The minimum Gasteiger partial charge on any atom is -0.508 e. The molecular formula is C29H26O5. The lowest BCUT2D eigenvalue weighted by molar-refractivity contribution is 0.258. The molecule has 5 rings (SSSR count). The minimum absolute atomic E-state index is 0.0656. The Kier molecular flexibility index (Phi) is 5.86. The Morgan fingerprint density at radius 2 is 1.18 bits per heavy atom. The Hall–Kier alpha value is -3.96. The fourth-order valence-electron chi connectivity index (χ4n) is 4.63. The van der Waals surface area contributed by atoms with Gasteiger partial charge in [0, 0.05) is 16.7 Å². The number of rotatable bonds is 8. The molecule has 1 heterocycles. The van der Waals surface area contributed by atoms with Crippen LogP contribution in [0.2, 0.25) is 0 Å². The first-order chi connectivity index (χ1) is 16.6. The van der Waals surface area contributed by atoms with E-state index in [0.717, 1.165) is 5.56 Å². The number of para-hydroxylation sites is 4. The van der Waals surface area contributed by atoms with Gasteiger partial charge in [0.2, 0.25) is 0 Å². The monoisotopic (exact) mass is 454 g/mol. The van der Waals surface area contributed by atoms with Crippen LogP contribution >= 0.6 is 0 Å². The predicted molar refractivity (Wildman–Crippen MR) is 130 cm³/mol. The highest BCUT2D eigenvalue weighted by molar-refractivity contribution is 5.63. The summed E-state index contributed by atoms with van der Waals surface area (Å²) in [5.74, 6) is 0.936. The second-order valence-electron chi connectivity index (χ2n) is 8.51. The van der Waals surface area contributed by atoms with E-state index in [2.05, 4.69) is 0 Å². The van der Waals surface area contributed by atoms with Gasteiger partial charge in [-0.25, -0.2) is 0 Å². The molecule has 0 amide bonds. The van der Waals surface area contributed by atoms with Crippen LogP contribution in [0.3, 0.4) is 0 Å². The highest BCUT2D eigenvalue weighted by atomic mass is 16.6. The lowest BCUT2D eigenvalue weighted by Gasteiger charge is -2.38. The molecule has 4 aromatic rings. The molecule has 0 aliphatic carbocycles. The average molecular weight is 455 g/mol. The topological polar surface area (TPSA) is 82.5 Å². The van der Waals surface area contributed by atoms with Crippen molar-refractivity contribution in [3.8, 4) is 23.0 Å². The molecule has 0 spiro atoms. The summed E-state index contributed by atoms with van der Waals surface area (Å²) in [6, 6.07) is 29.0. The van der Waals surface area contributed by atoms with Crippen molar-refractivity contribution < 1.29 is 24.8 Å². The second-order valence-corrected chi connectivity index (χ2v) is 8.51. The van der Waals surface area contributed by atoms with E-state index in [9.17, 15) is 15.3 Å². The van der Waals surface area contributed by atoms with Crippen LogP contribution in [0.1, 0.15) is 22.3 Å². The largest absolute Gasteiger partial charge is 0.508 e. The molecule has 1 saturated heterocycles. The number of hydrogen-bond donors (Lipinski definition) is 3. The van der Waals surface area contributed by atoms with Crippen LogP contribution in [0.5, 0.6) is 23.0 Å². The molecule has 0 saturated carbocycles. The van der Waals surface area contributed by atoms with Crippen molar-refractivity contribution in [2.24, 2.45) is 0 Å². The summed E-state index contributed by atoms with van der Waals surface area (Å²) < 4.78 is 11.5. The van der Waals surface area contributed by atoms with Gasteiger partial charge in [-0.2, -0.15) is 0 Å². The Labute approximate surface area is 198 Å². The van der Waals surface area contributed by atoms with Crippen LogP contribution < -0.4 is 4.74 Å². The fraction of sp³-hybridized carbons (Fsp3) is 0.172. The van der Waals surface area contributed by atoms with Crippen molar-refractivity contribution in [1.29, 1.82) is 0 Å². The van der Waals surface area contributed by atoms with Gasteiger partial charge in [-0.3, -0.25) is 0 Å². The average Bonchev–Trinajstić information content (AvgIpc) is 3.68. The van der Waals surface area contributed by atoms with Crippen molar-refractivity contribution in [2.45, 2.75) is 17.9 Å². The SMILES string of the molecule is Oc1ccccc1CC(c1ccccc1O)(c1ccccc1O)c1ccccc1OC[C@H]1CO1. The highest BCUT2D eigenvalue weighted by Crippen LogP contribution is 2.51. The number of ether oxygens (including phenoxy) is 2. The molecule has 172 valence electrons. The van der Waals surface area contributed by atoms with Gasteiger partial charge in [0.25, 0.3) is 0 Å². The van der Waals surface area contributed by atoms with E-state index in [4.69, 9.17) is 9.47 Å². The van der Waals surface area contributed by atoms with Crippen molar-refractivity contribution in [1.82, 2.24) is 0 Å². The molecule has 1 atom stereocenters. The summed E-state index contributed by atoms with van der Waals surface area (Å²) in [5, 5.41) is 33.0. The van der Waals surface area contributed by atoms with E-state index >= 15 is 0 Å². The van der Waals surface area contributed by atoms with Gasteiger partial charge < -0.3 is 24.8 Å². The molecular weight excluding hydrogens is 428 g/mol. The van der Waals surface area contributed by atoms with Crippen LogP contribution in [0, 0.1) is 0 Å². The molecule has 0 bridgehead atoms. The zero-order chi connectivity index (χ0) is 23.5. The van der Waals surface area contributed by atoms with Crippen molar-refractivity contribution in [3.05, 3.63) is 119 Å². The Bertz CT molecular complexity index is 1250. The Morgan fingerprint density at radius 3 is 1.74 bits per heavy atom. The van der Waals surface area contributed by atoms with E-state index in [1.54, 1.807) is 36.4 Å². The van der Waals surface area contributed by atoms with Crippen molar-refractivity contribution in [2.75, 3.05) is 13.2 Å². The molecule has 0 unspecified atom stereocenters. The number of benzene rings is 4. The van der Waals surface area contributed by atoms with Crippen LogP contribution in [0.15, 0.2) is 97.1 Å². The van der Waals surface area contributed by atoms with Gasteiger partial charge in [-0.05, 0) is 36.2 Å². The van der Waals surface area contributed by atoms with E-state index in [1.807, 2.05) is 60.7 Å². The third kappa shape index (κ3) is 4.06. The first kappa shape index (κ1) is 21.9. The summed E-state index contributed by atoms with van der Waals surface area (Å²) in [6.45, 7) is 1.08. The molecule has 0 radical (unpaired) electrons. The minimum atomic E-state index is -1.07. The molecule has 3 N–H and O–H groups in total. The van der Waals surface area contributed by atoms with Crippen LogP contribution in [0.25, 0.3) is 0 Å². The van der Waals surface area contributed by atoms with E-state index in [1.165, 1.54) is 0 Å². The van der Waals surface area contributed by atoms with E-state index in [-0.39, 0.29) is 29.8 Å².